The fraction of sp³-hybridized carbons (Fsp3) is 0.0833. The number of H-pyrrole nitrogens is 1. The first kappa shape index (κ1) is 19.8. The largest absolute Gasteiger partial charge is 0.454 e. The fourth-order valence-electron chi connectivity index (χ4n) is 3.42. The van der Waals surface area contributed by atoms with Gasteiger partial charge in [0.05, 0.1) is 32.5 Å². The Morgan fingerprint density at radius 1 is 0.900 bits per heavy atom. The number of esters is 1. The van der Waals surface area contributed by atoms with Crippen LogP contribution in [0, 0.1) is 0 Å². The standard InChI is InChI=1S/C24H19NO4S/c1-30(28)21-14-8-6-12-18(21)24(27)29-15-20(26)22-17-11-5-7-13-19(17)25-23(22)16-9-3-2-4-10-16/h2-14,25H,15H2,1H3/t30-/m1/s1. The summed E-state index contributed by atoms with van der Waals surface area (Å²) >= 11 is 0. The lowest BCUT2D eigenvalue weighted by Crippen LogP contribution is -2.16. The Labute approximate surface area is 176 Å². The molecule has 0 saturated heterocycles. The number of ketones is 1. The van der Waals surface area contributed by atoms with Crippen LogP contribution in [0.25, 0.3) is 22.2 Å². The Balaban J connectivity index is 1.65. The number of aromatic nitrogens is 1. The molecule has 0 spiro atoms. The van der Waals surface area contributed by atoms with E-state index in [9.17, 15) is 13.8 Å². The third-order valence-corrected chi connectivity index (χ3v) is 5.77. The average Bonchev–Trinajstić information content (AvgIpc) is 3.17. The molecule has 5 nitrogen and oxygen atoms in total. The maximum atomic E-state index is 13.1. The van der Waals surface area contributed by atoms with Gasteiger partial charge in [-0.1, -0.05) is 60.7 Å². The van der Waals surface area contributed by atoms with E-state index in [4.69, 9.17) is 4.74 Å². The number of nitrogens with one attached hydrogen (secondary N) is 1. The summed E-state index contributed by atoms with van der Waals surface area (Å²) in [5.41, 5.74) is 3.08. The number of benzene rings is 3. The summed E-state index contributed by atoms with van der Waals surface area (Å²) in [5.74, 6) is -0.981. The Hall–Kier alpha value is -3.51. The average molecular weight is 417 g/mol. The number of Topliss-reactive ketones (excluding diaryl/α,β-unsaturated/α-hetero) is 1. The smallest absolute Gasteiger partial charge is 0.339 e. The second-order valence-corrected chi connectivity index (χ2v) is 8.08. The summed E-state index contributed by atoms with van der Waals surface area (Å²) in [7, 11) is -1.34. The van der Waals surface area contributed by atoms with Crippen molar-refractivity contribution >= 4 is 33.5 Å². The van der Waals surface area contributed by atoms with Gasteiger partial charge in [0, 0.05) is 17.2 Å². The van der Waals surface area contributed by atoms with E-state index in [1.54, 1.807) is 24.3 Å². The zero-order valence-electron chi connectivity index (χ0n) is 16.3. The second kappa shape index (κ2) is 8.47. The summed E-state index contributed by atoms with van der Waals surface area (Å²) in [5, 5.41) is 0.771. The van der Waals surface area contributed by atoms with Crippen LogP contribution >= 0.6 is 0 Å². The van der Waals surface area contributed by atoms with Crippen molar-refractivity contribution in [2.45, 2.75) is 4.90 Å². The minimum absolute atomic E-state index is 0.202. The van der Waals surface area contributed by atoms with Gasteiger partial charge in [-0.25, -0.2) is 4.79 Å². The van der Waals surface area contributed by atoms with Crippen LogP contribution in [0.3, 0.4) is 0 Å². The van der Waals surface area contributed by atoms with Crippen molar-refractivity contribution in [3.05, 3.63) is 90.0 Å². The van der Waals surface area contributed by atoms with Crippen LogP contribution in [-0.2, 0) is 15.5 Å². The minimum Gasteiger partial charge on any atom is -0.454 e. The molecule has 0 bridgehead atoms. The van der Waals surface area contributed by atoms with Gasteiger partial charge in [0.25, 0.3) is 0 Å². The summed E-state index contributed by atoms with van der Waals surface area (Å²) in [6.45, 7) is -0.412. The van der Waals surface area contributed by atoms with Crippen LogP contribution in [0.4, 0.5) is 0 Å². The molecule has 150 valence electrons. The van der Waals surface area contributed by atoms with Gasteiger partial charge in [0.2, 0.25) is 5.78 Å². The number of rotatable bonds is 6. The Kier molecular flexibility index (Phi) is 5.59. The van der Waals surface area contributed by atoms with Crippen molar-refractivity contribution < 1.29 is 18.5 Å². The van der Waals surface area contributed by atoms with Crippen molar-refractivity contribution in [1.82, 2.24) is 4.98 Å². The SMILES string of the molecule is C[S@@](=O)c1ccccc1C(=O)OCC(=O)c1c(-c2ccccc2)[nH]c2ccccc12. The van der Waals surface area contributed by atoms with Crippen LogP contribution in [-0.4, -0.2) is 33.8 Å². The number of aromatic amines is 1. The lowest BCUT2D eigenvalue weighted by atomic mass is 10.0. The Bertz CT molecular complexity index is 1260. The molecule has 4 aromatic rings. The van der Waals surface area contributed by atoms with Crippen LogP contribution in [0.15, 0.2) is 83.8 Å². The van der Waals surface area contributed by atoms with Crippen molar-refractivity contribution in [1.29, 1.82) is 0 Å². The molecule has 0 unspecified atom stereocenters. The van der Waals surface area contributed by atoms with Gasteiger partial charge >= 0.3 is 5.97 Å². The number of hydrogen-bond donors (Lipinski definition) is 1. The van der Waals surface area contributed by atoms with Crippen LogP contribution < -0.4 is 0 Å². The number of hydrogen-bond acceptors (Lipinski definition) is 4. The molecule has 1 N–H and O–H groups in total. The molecule has 1 heterocycles. The van der Waals surface area contributed by atoms with E-state index in [2.05, 4.69) is 4.98 Å². The highest BCUT2D eigenvalue weighted by molar-refractivity contribution is 7.84. The van der Waals surface area contributed by atoms with Crippen molar-refractivity contribution in [2.24, 2.45) is 0 Å². The molecule has 0 radical (unpaired) electrons. The molecule has 1 aromatic heterocycles. The second-order valence-electron chi connectivity index (χ2n) is 6.74. The van der Waals surface area contributed by atoms with E-state index in [-0.39, 0.29) is 11.3 Å². The van der Waals surface area contributed by atoms with E-state index >= 15 is 0 Å². The summed E-state index contributed by atoms with van der Waals surface area (Å²) in [4.78, 5) is 29.3. The van der Waals surface area contributed by atoms with Crippen LogP contribution in [0.1, 0.15) is 20.7 Å². The molecule has 4 rings (SSSR count). The first-order chi connectivity index (χ1) is 14.6. The minimum atomic E-state index is -1.34. The highest BCUT2D eigenvalue weighted by atomic mass is 32.2. The topological polar surface area (TPSA) is 76.2 Å². The number of fused-ring (bicyclic) bond motifs is 1. The van der Waals surface area contributed by atoms with Gasteiger partial charge in [0.15, 0.2) is 6.61 Å². The van der Waals surface area contributed by atoms with Crippen LogP contribution in [0.2, 0.25) is 0 Å². The molecular formula is C24H19NO4S. The molecule has 0 fully saturated rings. The monoisotopic (exact) mass is 417 g/mol. The predicted octanol–water partition coefficient (Wildman–Crippen LogP) is 4.61. The van der Waals surface area contributed by atoms with Gasteiger partial charge in [-0.3, -0.25) is 9.00 Å². The van der Waals surface area contributed by atoms with Gasteiger partial charge in [-0.2, -0.15) is 0 Å². The number of para-hydroxylation sites is 1. The highest BCUT2D eigenvalue weighted by Crippen LogP contribution is 2.30. The molecular weight excluding hydrogens is 398 g/mol. The van der Waals surface area contributed by atoms with Crippen molar-refractivity contribution in [3.8, 4) is 11.3 Å². The maximum absolute atomic E-state index is 13.1. The van der Waals surface area contributed by atoms with Crippen molar-refractivity contribution in [2.75, 3.05) is 12.9 Å². The fourth-order valence-corrected chi connectivity index (χ4v) is 4.15. The molecule has 3 aromatic carbocycles. The van der Waals surface area contributed by atoms with Gasteiger partial charge in [-0.15, -0.1) is 0 Å². The van der Waals surface area contributed by atoms with Gasteiger partial charge in [0.1, 0.15) is 0 Å². The highest BCUT2D eigenvalue weighted by Gasteiger charge is 2.22. The Morgan fingerprint density at radius 2 is 1.57 bits per heavy atom. The Morgan fingerprint density at radius 3 is 2.33 bits per heavy atom. The number of carbonyl (C=O) groups excluding carboxylic acids is 2. The first-order valence-corrected chi connectivity index (χ1v) is 10.9. The molecule has 0 amide bonds. The maximum Gasteiger partial charge on any atom is 0.339 e. The first-order valence-electron chi connectivity index (χ1n) is 9.35. The molecule has 1 atom stereocenters. The molecule has 0 aliphatic carbocycles. The van der Waals surface area contributed by atoms with E-state index in [0.717, 1.165) is 16.5 Å². The summed E-state index contributed by atoms with van der Waals surface area (Å²) < 4.78 is 17.2. The van der Waals surface area contributed by atoms with Crippen LogP contribution in [0.5, 0.6) is 0 Å². The van der Waals surface area contributed by atoms with E-state index in [1.165, 1.54) is 6.26 Å². The third kappa shape index (κ3) is 3.82. The molecule has 0 saturated carbocycles. The quantitative estimate of drug-likeness (QED) is 0.367. The zero-order valence-corrected chi connectivity index (χ0v) is 17.1. The molecule has 6 heteroatoms. The molecule has 30 heavy (non-hydrogen) atoms. The zero-order chi connectivity index (χ0) is 21.1. The number of carbonyl (C=O) groups is 2. The lowest BCUT2D eigenvalue weighted by Gasteiger charge is -2.08. The normalized spacial score (nSPS) is 11.9. The van der Waals surface area contributed by atoms with Gasteiger partial charge < -0.3 is 9.72 Å². The van der Waals surface area contributed by atoms with E-state index in [0.29, 0.717) is 16.2 Å². The van der Waals surface area contributed by atoms with E-state index in [1.807, 2.05) is 54.6 Å². The summed E-state index contributed by atoms with van der Waals surface area (Å²) in [6, 6.07) is 23.6. The van der Waals surface area contributed by atoms with Gasteiger partial charge in [-0.05, 0) is 23.8 Å². The summed E-state index contributed by atoms with van der Waals surface area (Å²) in [6.07, 6.45) is 1.50. The molecule has 0 aliphatic heterocycles. The lowest BCUT2D eigenvalue weighted by molar-refractivity contribution is 0.0471. The molecule has 0 aliphatic rings. The van der Waals surface area contributed by atoms with Crippen molar-refractivity contribution in [3.63, 3.8) is 0 Å². The predicted molar refractivity (Wildman–Crippen MR) is 117 cm³/mol. The third-order valence-electron chi connectivity index (χ3n) is 4.80. The number of ether oxygens (including phenoxy) is 1. The van der Waals surface area contributed by atoms with E-state index < -0.39 is 23.4 Å².